The van der Waals surface area contributed by atoms with Crippen LogP contribution in [0.4, 0.5) is 17.6 Å². The molecule has 0 fully saturated rings. The molecule has 29 heavy (non-hydrogen) atoms. The zero-order valence-electron chi connectivity index (χ0n) is 15.8. The Morgan fingerprint density at radius 3 is 2.45 bits per heavy atom. The molecule has 0 aliphatic rings. The van der Waals surface area contributed by atoms with Crippen LogP contribution in [0, 0.1) is 5.82 Å². The van der Waals surface area contributed by atoms with Gasteiger partial charge in [-0.2, -0.15) is 13.2 Å². The SMILES string of the molecule is CN=C(NCCCCOc1ccc(F)cc1)NCCc1nc(C(F)(F)F)cs1.I. The average molecular weight is 546 g/mol. The number of nitrogens with one attached hydrogen (secondary N) is 2. The van der Waals surface area contributed by atoms with Crippen molar-refractivity contribution in [3.05, 3.63) is 46.2 Å². The quantitative estimate of drug-likeness (QED) is 0.160. The molecule has 0 saturated carbocycles. The average Bonchev–Trinajstić information content (AvgIpc) is 3.14. The van der Waals surface area contributed by atoms with Crippen LogP contribution in [0.5, 0.6) is 5.75 Å². The van der Waals surface area contributed by atoms with Crippen molar-refractivity contribution in [2.75, 3.05) is 26.7 Å². The van der Waals surface area contributed by atoms with Crippen molar-refractivity contribution in [2.24, 2.45) is 4.99 Å². The standard InChI is InChI=1S/C18H22F4N4OS.HI/c1-23-17(25-10-8-16-26-15(12-28-16)18(20,21)22)24-9-2-3-11-27-14-6-4-13(19)5-7-14;/h4-7,12H,2-3,8-11H2,1H3,(H2,23,24,25);1H. The summed E-state index contributed by atoms with van der Waals surface area (Å²) in [7, 11) is 1.62. The number of aromatic nitrogens is 1. The maximum absolute atomic E-state index is 12.8. The monoisotopic (exact) mass is 546 g/mol. The maximum Gasteiger partial charge on any atom is 0.434 e. The summed E-state index contributed by atoms with van der Waals surface area (Å²) >= 11 is 0.995. The van der Waals surface area contributed by atoms with E-state index in [0.717, 1.165) is 29.6 Å². The summed E-state index contributed by atoms with van der Waals surface area (Å²) in [6.07, 6.45) is -2.38. The maximum atomic E-state index is 12.8. The van der Waals surface area contributed by atoms with Gasteiger partial charge in [-0.05, 0) is 37.1 Å². The summed E-state index contributed by atoms with van der Waals surface area (Å²) in [6, 6.07) is 5.86. The number of benzene rings is 1. The Balaban J connectivity index is 0.00000420. The molecule has 2 rings (SSSR count). The van der Waals surface area contributed by atoms with Crippen molar-refractivity contribution >= 4 is 41.3 Å². The normalized spacial score (nSPS) is 11.7. The number of unbranched alkanes of at least 4 members (excludes halogenated alkanes) is 1. The van der Waals surface area contributed by atoms with Crippen LogP contribution in [0.1, 0.15) is 23.5 Å². The molecule has 0 aliphatic heterocycles. The molecule has 11 heteroatoms. The van der Waals surface area contributed by atoms with Crippen LogP contribution >= 0.6 is 35.3 Å². The molecule has 1 heterocycles. The van der Waals surface area contributed by atoms with Gasteiger partial charge in [0.25, 0.3) is 0 Å². The van der Waals surface area contributed by atoms with E-state index in [1.165, 1.54) is 12.1 Å². The minimum Gasteiger partial charge on any atom is -0.494 e. The van der Waals surface area contributed by atoms with E-state index in [1.54, 1.807) is 19.2 Å². The Hall–Kier alpha value is -1.63. The third kappa shape index (κ3) is 9.61. The predicted molar refractivity (Wildman–Crippen MR) is 117 cm³/mol. The highest BCUT2D eigenvalue weighted by Crippen LogP contribution is 2.29. The molecule has 0 amide bonds. The summed E-state index contributed by atoms with van der Waals surface area (Å²) in [6.45, 7) is 1.62. The van der Waals surface area contributed by atoms with E-state index in [-0.39, 0.29) is 29.8 Å². The van der Waals surface area contributed by atoms with Gasteiger partial charge in [0, 0.05) is 31.9 Å². The van der Waals surface area contributed by atoms with Crippen LogP contribution in [0.25, 0.3) is 0 Å². The Bertz CT molecular complexity index is 753. The van der Waals surface area contributed by atoms with Crippen LogP contribution in [-0.2, 0) is 12.6 Å². The van der Waals surface area contributed by atoms with Gasteiger partial charge in [0.2, 0.25) is 0 Å². The second-order valence-electron chi connectivity index (χ2n) is 5.81. The molecule has 1 aromatic heterocycles. The lowest BCUT2D eigenvalue weighted by Gasteiger charge is -2.11. The molecule has 0 unspecified atom stereocenters. The first-order valence-electron chi connectivity index (χ1n) is 8.73. The summed E-state index contributed by atoms with van der Waals surface area (Å²) in [4.78, 5) is 7.66. The van der Waals surface area contributed by atoms with Crippen molar-refractivity contribution in [2.45, 2.75) is 25.4 Å². The summed E-state index contributed by atoms with van der Waals surface area (Å²) in [5.74, 6) is 0.904. The van der Waals surface area contributed by atoms with Crippen LogP contribution in [0.2, 0.25) is 0 Å². The van der Waals surface area contributed by atoms with E-state index >= 15 is 0 Å². The minimum atomic E-state index is -4.40. The van der Waals surface area contributed by atoms with E-state index in [9.17, 15) is 17.6 Å². The van der Waals surface area contributed by atoms with Crippen LogP contribution in [-0.4, -0.2) is 37.7 Å². The number of alkyl halides is 3. The molecular formula is C18H23F4IN4OS. The highest BCUT2D eigenvalue weighted by Gasteiger charge is 2.33. The molecule has 0 saturated heterocycles. The van der Waals surface area contributed by atoms with E-state index in [4.69, 9.17) is 4.74 Å². The van der Waals surface area contributed by atoms with E-state index in [1.807, 2.05) is 0 Å². The van der Waals surface area contributed by atoms with E-state index < -0.39 is 11.9 Å². The highest BCUT2D eigenvalue weighted by atomic mass is 127. The van der Waals surface area contributed by atoms with Gasteiger partial charge >= 0.3 is 6.18 Å². The Morgan fingerprint density at radius 1 is 1.14 bits per heavy atom. The second kappa shape index (κ2) is 12.8. The number of hydrogen-bond acceptors (Lipinski definition) is 4. The molecule has 1 aromatic carbocycles. The van der Waals surface area contributed by atoms with Crippen LogP contribution in [0.15, 0.2) is 34.6 Å². The lowest BCUT2D eigenvalue weighted by atomic mass is 10.3. The largest absolute Gasteiger partial charge is 0.494 e. The van der Waals surface area contributed by atoms with Crippen LogP contribution < -0.4 is 15.4 Å². The summed E-state index contributed by atoms with van der Waals surface area (Å²) < 4.78 is 55.9. The zero-order chi connectivity index (χ0) is 20.4. The third-order valence-electron chi connectivity index (χ3n) is 3.64. The molecule has 5 nitrogen and oxygen atoms in total. The molecule has 162 valence electrons. The number of halogens is 5. The smallest absolute Gasteiger partial charge is 0.434 e. The summed E-state index contributed by atoms with van der Waals surface area (Å²) in [5.41, 5.74) is -0.849. The van der Waals surface area contributed by atoms with E-state index in [2.05, 4.69) is 20.6 Å². The molecule has 2 aromatic rings. The lowest BCUT2D eigenvalue weighted by molar-refractivity contribution is -0.140. The highest BCUT2D eigenvalue weighted by molar-refractivity contribution is 14.0. The number of guanidine groups is 1. The Kier molecular flexibility index (Phi) is 11.2. The van der Waals surface area contributed by atoms with Gasteiger partial charge < -0.3 is 15.4 Å². The number of hydrogen-bond donors (Lipinski definition) is 2. The molecule has 2 N–H and O–H groups in total. The fourth-order valence-electron chi connectivity index (χ4n) is 2.22. The number of aliphatic imine (C=N–C) groups is 1. The van der Waals surface area contributed by atoms with Gasteiger partial charge in [-0.15, -0.1) is 35.3 Å². The number of ether oxygens (including phenoxy) is 1. The van der Waals surface area contributed by atoms with Crippen molar-refractivity contribution in [1.82, 2.24) is 15.6 Å². The Labute approximate surface area is 188 Å². The number of nitrogens with zero attached hydrogens (tertiary/aromatic N) is 2. The zero-order valence-corrected chi connectivity index (χ0v) is 18.9. The fraction of sp³-hybridized carbons (Fsp3) is 0.444. The first kappa shape index (κ1) is 25.4. The van der Waals surface area contributed by atoms with Crippen molar-refractivity contribution < 1.29 is 22.3 Å². The molecule has 0 bridgehead atoms. The molecular weight excluding hydrogens is 523 g/mol. The Morgan fingerprint density at radius 2 is 1.83 bits per heavy atom. The van der Waals surface area contributed by atoms with Crippen LogP contribution in [0.3, 0.4) is 0 Å². The van der Waals surface area contributed by atoms with Gasteiger partial charge in [-0.25, -0.2) is 9.37 Å². The predicted octanol–water partition coefficient (Wildman–Crippen LogP) is 4.49. The number of rotatable bonds is 9. The van der Waals surface area contributed by atoms with Crippen molar-refractivity contribution in [3.8, 4) is 5.75 Å². The molecule has 0 aliphatic carbocycles. The van der Waals surface area contributed by atoms with Gasteiger partial charge in [-0.1, -0.05) is 0 Å². The van der Waals surface area contributed by atoms with Crippen molar-refractivity contribution in [3.63, 3.8) is 0 Å². The van der Waals surface area contributed by atoms with Gasteiger partial charge in [0.05, 0.1) is 11.6 Å². The number of thiazole rings is 1. The van der Waals surface area contributed by atoms with E-state index in [0.29, 0.717) is 42.8 Å². The first-order chi connectivity index (χ1) is 13.4. The topological polar surface area (TPSA) is 58.5 Å². The summed E-state index contributed by atoms with van der Waals surface area (Å²) in [5, 5.41) is 7.62. The van der Waals surface area contributed by atoms with Gasteiger partial charge in [0.15, 0.2) is 11.7 Å². The lowest BCUT2D eigenvalue weighted by Crippen LogP contribution is -2.38. The third-order valence-corrected chi connectivity index (χ3v) is 4.55. The fourth-order valence-corrected chi connectivity index (χ4v) is 3.02. The van der Waals surface area contributed by atoms with Crippen molar-refractivity contribution in [1.29, 1.82) is 0 Å². The molecule has 0 radical (unpaired) electrons. The minimum absolute atomic E-state index is 0. The van der Waals surface area contributed by atoms with Gasteiger partial charge in [0.1, 0.15) is 11.6 Å². The van der Waals surface area contributed by atoms with Gasteiger partial charge in [-0.3, -0.25) is 4.99 Å². The molecule has 0 spiro atoms. The molecule has 0 atom stereocenters. The first-order valence-corrected chi connectivity index (χ1v) is 9.61. The second-order valence-corrected chi connectivity index (χ2v) is 6.75.